The molecule has 0 saturated carbocycles. The van der Waals surface area contributed by atoms with E-state index in [0.717, 1.165) is 44.0 Å². The first-order chi connectivity index (χ1) is 8.31. The Kier molecular flexibility index (Phi) is 4.34. The van der Waals surface area contributed by atoms with Crippen LogP contribution in [0.2, 0.25) is 0 Å². The van der Waals surface area contributed by atoms with Crippen molar-refractivity contribution in [2.24, 2.45) is 5.92 Å². The van der Waals surface area contributed by atoms with E-state index in [1.54, 1.807) is 6.20 Å². The van der Waals surface area contributed by atoms with Gasteiger partial charge in [0.05, 0.1) is 6.61 Å². The lowest BCUT2D eigenvalue weighted by atomic mass is 10.00. The Morgan fingerprint density at radius 1 is 1.47 bits per heavy atom. The minimum atomic E-state index is 0.0429. The molecular formula is C13H20N2O2. The third-order valence-electron chi connectivity index (χ3n) is 3.27. The summed E-state index contributed by atoms with van der Waals surface area (Å²) < 4.78 is 5.36. The summed E-state index contributed by atoms with van der Waals surface area (Å²) in [7, 11) is 2.04. The molecule has 1 N–H and O–H groups in total. The Morgan fingerprint density at radius 2 is 2.24 bits per heavy atom. The van der Waals surface area contributed by atoms with Crippen LogP contribution in [-0.4, -0.2) is 36.9 Å². The quantitative estimate of drug-likeness (QED) is 0.859. The first-order valence-corrected chi connectivity index (χ1v) is 6.15. The summed E-state index contributed by atoms with van der Waals surface area (Å²) in [4.78, 5) is 6.49. The Hall–Kier alpha value is -1.13. The van der Waals surface area contributed by atoms with Crippen molar-refractivity contribution in [2.45, 2.75) is 19.4 Å². The van der Waals surface area contributed by atoms with E-state index in [9.17, 15) is 5.11 Å². The molecule has 1 aromatic heterocycles. The van der Waals surface area contributed by atoms with E-state index < -0.39 is 0 Å². The van der Waals surface area contributed by atoms with Crippen LogP contribution < -0.4 is 4.90 Å². The summed E-state index contributed by atoms with van der Waals surface area (Å²) in [5, 5.41) is 9.29. The van der Waals surface area contributed by atoms with Gasteiger partial charge in [-0.2, -0.15) is 0 Å². The predicted molar refractivity (Wildman–Crippen MR) is 67.0 cm³/mol. The second-order valence-corrected chi connectivity index (χ2v) is 4.58. The largest absolute Gasteiger partial charge is 0.392 e. The number of rotatable bonds is 4. The molecule has 2 heterocycles. The minimum absolute atomic E-state index is 0.0429. The van der Waals surface area contributed by atoms with Crippen molar-refractivity contribution in [1.29, 1.82) is 0 Å². The first kappa shape index (κ1) is 12.3. The van der Waals surface area contributed by atoms with Gasteiger partial charge in [0.2, 0.25) is 0 Å². The van der Waals surface area contributed by atoms with Gasteiger partial charge in [-0.3, -0.25) is 0 Å². The van der Waals surface area contributed by atoms with E-state index in [-0.39, 0.29) is 6.61 Å². The van der Waals surface area contributed by atoms with Gasteiger partial charge >= 0.3 is 0 Å². The van der Waals surface area contributed by atoms with Gasteiger partial charge in [0.25, 0.3) is 0 Å². The molecule has 0 amide bonds. The number of aliphatic hydroxyl groups is 1. The molecule has 1 aliphatic rings. The average molecular weight is 236 g/mol. The maximum atomic E-state index is 9.29. The summed E-state index contributed by atoms with van der Waals surface area (Å²) in [5.74, 6) is 1.56. The van der Waals surface area contributed by atoms with Crippen LogP contribution in [0.15, 0.2) is 18.3 Å². The monoisotopic (exact) mass is 236 g/mol. The Labute approximate surface area is 102 Å². The van der Waals surface area contributed by atoms with Crippen molar-refractivity contribution in [3.8, 4) is 0 Å². The van der Waals surface area contributed by atoms with Crippen LogP contribution in [0.25, 0.3) is 0 Å². The number of anilines is 1. The van der Waals surface area contributed by atoms with Crippen molar-refractivity contribution in [1.82, 2.24) is 4.98 Å². The molecule has 0 bridgehead atoms. The summed E-state index contributed by atoms with van der Waals surface area (Å²) in [6, 6.07) is 3.78. The molecule has 1 aromatic rings. The zero-order valence-electron chi connectivity index (χ0n) is 10.3. The van der Waals surface area contributed by atoms with Crippen LogP contribution in [-0.2, 0) is 11.3 Å². The molecule has 0 radical (unpaired) electrons. The molecule has 94 valence electrons. The molecule has 17 heavy (non-hydrogen) atoms. The lowest BCUT2D eigenvalue weighted by Gasteiger charge is -2.28. The Morgan fingerprint density at radius 3 is 2.94 bits per heavy atom. The van der Waals surface area contributed by atoms with Gasteiger partial charge in [-0.1, -0.05) is 6.07 Å². The molecule has 4 nitrogen and oxygen atoms in total. The molecule has 0 aromatic carbocycles. The number of hydrogen-bond donors (Lipinski definition) is 1. The van der Waals surface area contributed by atoms with Crippen molar-refractivity contribution in [3.05, 3.63) is 23.9 Å². The lowest BCUT2D eigenvalue weighted by molar-refractivity contribution is 0.0684. The van der Waals surface area contributed by atoms with Crippen LogP contribution in [0.5, 0.6) is 0 Å². The van der Waals surface area contributed by atoms with E-state index in [0.29, 0.717) is 5.92 Å². The average Bonchev–Trinajstić information content (AvgIpc) is 2.40. The van der Waals surface area contributed by atoms with Crippen molar-refractivity contribution in [2.75, 3.05) is 31.7 Å². The molecule has 4 heteroatoms. The fraction of sp³-hybridized carbons (Fsp3) is 0.615. The van der Waals surface area contributed by atoms with E-state index in [2.05, 4.69) is 9.88 Å². The van der Waals surface area contributed by atoms with Crippen LogP contribution >= 0.6 is 0 Å². The topological polar surface area (TPSA) is 45.6 Å². The van der Waals surface area contributed by atoms with Crippen molar-refractivity contribution in [3.63, 3.8) is 0 Å². The molecule has 0 spiro atoms. The van der Waals surface area contributed by atoms with E-state index in [4.69, 9.17) is 4.74 Å². The normalized spacial score (nSPS) is 17.1. The molecule has 0 aliphatic carbocycles. The minimum Gasteiger partial charge on any atom is -0.392 e. The highest BCUT2D eigenvalue weighted by atomic mass is 16.5. The van der Waals surface area contributed by atoms with E-state index >= 15 is 0 Å². The second kappa shape index (κ2) is 5.98. The van der Waals surface area contributed by atoms with Gasteiger partial charge in [-0.15, -0.1) is 0 Å². The predicted octanol–water partition coefficient (Wildman–Crippen LogP) is 1.44. The smallest absolute Gasteiger partial charge is 0.133 e. The molecular weight excluding hydrogens is 216 g/mol. The highest BCUT2D eigenvalue weighted by Gasteiger charge is 2.17. The number of ether oxygens (including phenoxy) is 1. The summed E-state index contributed by atoms with van der Waals surface area (Å²) in [6.45, 7) is 2.76. The zero-order chi connectivity index (χ0) is 12.1. The lowest BCUT2D eigenvalue weighted by Crippen LogP contribution is -2.30. The molecule has 1 saturated heterocycles. The molecule has 1 fully saturated rings. The highest BCUT2D eigenvalue weighted by Crippen LogP contribution is 2.21. The Bertz CT molecular complexity index is 351. The van der Waals surface area contributed by atoms with Crippen LogP contribution in [0, 0.1) is 5.92 Å². The zero-order valence-corrected chi connectivity index (χ0v) is 10.3. The highest BCUT2D eigenvalue weighted by molar-refractivity contribution is 5.45. The van der Waals surface area contributed by atoms with Crippen LogP contribution in [0.4, 0.5) is 5.82 Å². The van der Waals surface area contributed by atoms with Crippen LogP contribution in [0.1, 0.15) is 18.4 Å². The number of hydrogen-bond acceptors (Lipinski definition) is 4. The standard InChI is InChI=1S/C13H20N2O2/c1-15(9-11-4-7-17-8-5-11)13-12(10-16)3-2-6-14-13/h2-3,6,11,16H,4-5,7-10H2,1H3. The van der Waals surface area contributed by atoms with Crippen molar-refractivity contribution < 1.29 is 9.84 Å². The summed E-state index contributed by atoms with van der Waals surface area (Å²) >= 11 is 0. The van der Waals surface area contributed by atoms with E-state index in [1.807, 2.05) is 19.2 Å². The van der Waals surface area contributed by atoms with Gasteiger partial charge in [0.15, 0.2) is 0 Å². The fourth-order valence-electron chi connectivity index (χ4n) is 2.30. The number of nitrogens with zero attached hydrogens (tertiary/aromatic N) is 2. The molecule has 2 rings (SSSR count). The van der Waals surface area contributed by atoms with E-state index in [1.165, 1.54) is 0 Å². The first-order valence-electron chi connectivity index (χ1n) is 6.15. The third-order valence-corrected chi connectivity index (χ3v) is 3.27. The molecule has 1 aliphatic heterocycles. The van der Waals surface area contributed by atoms with Gasteiger partial charge in [0, 0.05) is 38.6 Å². The summed E-state index contributed by atoms with van der Waals surface area (Å²) in [6.07, 6.45) is 4.01. The molecule has 0 unspecified atom stereocenters. The maximum Gasteiger partial charge on any atom is 0.133 e. The van der Waals surface area contributed by atoms with Gasteiger partial charge in [-0.05, 0) is 24.8 Å². The van der Waals surface area contributed by atoms with Gasteiger partial charge in [-0.25, -0.2) is 4.98 Å². The SMILES string of the molecule is CN(CC1CCOCC1)c1ncccc1CO. The van der Waals surface area contributed by atoms with Gasteiger partial charge < -0.3 is 14.7 Å². The maximum absolute atomic E-state index is 9.29. The molecule has 0 atom stereocenters. The Balaban J connectivity index is 2.00. The van der Waals surface area contributed by atoms with Gasteiger partial charge in [0.1, 0.15) is 5.82 Å². The van der Waals surface area contributed by atoms with Crippen LogP contribution in [0.3, 0.4) is 0 Å². The third kappa shape index (κ3) is 3.17. The summed E-state index contributed by atoms with van der Waals surface area (Å²) in [5.41, 5.74) is 0.891. The fourth-order valence-corrected chi connectivity index (χ4v) is 2.30. The number of pyridine rings is 1. The number of aliphatic hydroxyl groups excluding tert-OH is 1. The second-order valence-electron chi connectivity index (χ2n) is 4.58. The number of aromatic nitrogens is 1. The van der Waals surface area contributed by atoms with Crippen molar-refractivity contribution >= 4 is 5.82 Å².